The van der Waals surface area contributed by atoms with E-state index >= 15 is 0 Å². The standard InChI is InChI=1S/C24H17BrF4N2O2/c25-10-3-11-33-19-7-2-6-18(14-19)31-21-9-8-16(26)13-20(21)22(23(31)32)30-17-5-1-4-15(12-17)24(27,28)29/h1-2,4-9,12-14H,3,10-11H2. The van der Waals surface area contributed by atoms with Crippen LogP contribution < -0.4 is 9.64 Å². The maximum Gasteiger partial charge on any atom is 0.416 e. The van der Waals surface area contributed by atoms with Gasteiger partial charge in [0.1, 0.15) is 17.3 Å². The van der Waals surface area contributed by atoms with Gasteiger partial charge in [-0.1, -0.05) is 28.1 Å². The van der Waals surface area contributed by atoms with Crippen molar-refractivity contribution in [2.24, 2.45) is 4.99 Å². The van der Waals surface area contributed by atoms with Gasteiger partial charge in [-0.2, -0.15) is 13.2 Å². The van der Waals surface area contributed by atoms with Crippen LogP contribution in [0, 0.1) is 5.82 Å². The van der Waals surface area contributed by atoms with E-state index in [4.69, 9.17) is 4.74 Å². The van der Waals surface area contributed by atoms with Crippen LogP contribution in [-0.2, 0) is 11.0 Å². The number of amides is 1. The molecular weight excluding hydrogens is 504 g/mol. The lowest BCUT2D eigenvalue weighted by molar-refractivity contribution is -0.137. The molecule has 0 aromatic heterocycles. The fourth-order valence-corrected chi connectivity index (χ4v) is 3.65. The second-order valence-electron chi connectivity index (χ2n) is 7.20. The van der Waals surface area contributed by atoms with Crippen molar-refractivity contribution in [2.75, 3.05) is 16.8 Å². The van der Waals surface area contributed by atoms with Gasteiger partial charge in [-0.05, 0) is 55.0 Å². The molecule has 1 aliphatic rings. The van der Waals surface area contributed by atoms with Crippen molar-refractivity contribution in [3.8, 4) is 5.75 Å². The molecule has 3 aromatic carbocycles. The Balaban J connectivity index is 1.76. The Bertz CT molecular complexity index is 1230. The van der Waals surface area contributed by atoms with Gasteiger partial charge in [-0.15, -0.1) is 0 Å². The third-order valence-electron chi connectivity index (χ3n) is 4.90. The molecule has 4 rings (SSSR count). The Morgan fingerprint density at radius 3 is 2.55 bits per heavy atom. The molecule has 0 saturated heterocycles. The molecule has 4 nitrogen and oxygen atoms in total. The number of fused-ring (bicyclic) bond motifs is 1. The molecule has 1 heterocycles. The summed E-state index contributed by atoms with van der Waals surface area (Å²) in [6, 6.07) is 15.0. The zero-order valence-corrected chi connectivity index (χ0v) is 18.7. The fourth-order valence-electron chi connectivity index (χ4n) is 3.43. The first kappa shape index (κ1) is 23.0. The molecule has 3 aromatic rings. The molecule has 0 bridgehead atoms. The van der Waals surface area contributed by atoms with Gasteiger partial charge in [-0.25, -0.2) is 9.38 Å². The summed E-state index contributed by atoms with van der Waals surface area (Å²) in [4.78, 5) is 18.9. The number of alkyl halides is 4. The number of halogens is 5. The Hall–Kier alpha value is -3.20. The number of nitrogens with zero attached hydrogens (tertiary/aromatic N) is 2. The average Bonchev–Trinajstić information content (AvgIpc) is 3.04. The average molecular weight is 521 g/mol. The van der Waals surface area contributed by atoms with Crippen LogP contribution in [0.4, 0.5) is 34.6 Å². The highest BCUT2D eigenvalue weighted by Crippen LogP contribution is 2.39. The Morgan fingerprint density at radius 2 is 1.79 bits per heavy atom. The molecule has 170 valence electrons. The van der Waals surface area contributed by atoms with E-state index in [2.05, 4.69) is 20.9 Å². The largest absolute Gasteiger partial charge is 0.493 e. The van der Waals surface area contributed by atoms with Gasteiger partial charge in [0.25, 0.3) is 5.91 Å². The highest BCUT2D eigenvalue weighted by molar-refractivity contribution is 9.09. The van der Waals surface area contributed by atoms with E-state index in [1.807, 2.05) is 0 Å². The first-order valence-corrected chi connectivity index (χ1v) is 11.1. The van der Waals surface area contributed by atoms with Crippen LogP contribution in [0.2, 0.25) is 0 Å². The van der Waals surface area contributed by atoms with Gasteiger partial charge in [0, 0.05) is 17.0 Å². The molecule has 33 heavy (non-hydrogen) atoms. The predicted molar refractivity (Wildman–Crippen MR) is 122 cm³/mol. The number of hydrogen-bond donors (Lipinski definition) is 0. The molecule has 0 spiro atoms. The zero-order chi connectivity index (χ0) is 23.6. The lowest BCUT2D eigenvalue weighted by Crippen LogP contribution is -2.25. The molecule has 9 heteroatoms. The summed E-state index contributed by atoms with van der Waals surface area (Å²) < 4.78 is 59.0. The van der Waals surface area contributed by atoms with Crippen LogP contribution in [0.25, 0.3) is 0 Å². The minimum absolute atomic E-state index is 0.0582. The van der Waals surface area contributed by atoms with E-state index in [0.29, 0.717) is 23.7 Å². The first-order valence-electron chi connectivity index (χ1n) is 9.97. The minimum Gasteiger partial charge on any atom is -0.493 e. The topological polar surface area (TPSA) is 41.9 Å². The van der Waals surface area contributed by atoms with Crippen molar-refractivity contribution >= 4 is 44.6 Å². The van der Waals surface area contributed by atoms with Gasteiger partial charge >= 0.3 is 6.18 Å². The van der Waals surface area contributed by atoms with Crippen LogP contribution in [-0.4, -0.2) is 23.6 Å². The molecule has 1 amide bonds. The summed E-state index contributed by atoms with van der Waals surface area (Å²) in [7, 11) is 0. The summed E-state index contributed by atoms with van der Waals surface area (Å²) >= 11 is 3.33. The monoisotopic (exact) mass is 520 g/mol. The highest BCUT2D eigenvalue weighted by atomic mass is 79.9. The van der Waals surface area contributed by atoms with E-state index < -0.39 is 23.5 Å². The summed E-state index contributed by atoms with van der Waals surface area (Å²) in [5.41, 5.74) is -0.0443. The number of ether oxygens (including phenoxy) is 1. The number of anilines is 2. The Labute approximate surface area is 195 Å². The number of carbonyl (C=O) groups excluding carboxylic acids is 1. The second-order valence-corrected chi connectivity index (χ2v) is 7.99. The molecule has 0 fully saturated rings. The second kappa shape index (κ2) is 9.35. The molecule has 0 saturated carbocycles. The maximum absolute atomic E-state index is 14.0. The Morgan fingerprint density at radius 1 is 1.00 bits per heavy atom. The SMILES string of the molecule is O=C1C(=Nc2cccc(C(F)(F)F)c2)c2cc(F)ccc2N1c1cccc(OCCCBr)c1. The lowest BCUT2D eigenvalue weighted by atomic mass is 10.1. The van der Waals surface area contributed by atoms with E-state index in [1.165, 1.54) is 29.2 Å². The minimum atomic E-state index is -4.55. The van der Waals surface area contributed by atoms with Gasteiger partial charge in [-0.3, -0.25) is 9.69 Å². The van der Waals surface area contributed by atoms with E-state index in [9.17, 15) is 22.4 Å². The van der Waals surface area contributed by atoms with Crippen LogP contribution in [0.3, 0.4) is 0 Å². The molecule has 1 aliphatic heterocycles. The number of aliphatic imine (C=N–C) groups is 1. The number of rotatable bonds is 6. The lowest BCUT2D eigenvalue weighted by Gasteiger charge is -2.18. The molecule has 0 aliphatic carbocycles. The van der Waals surface area contributed by atoms with Gasteiger partial charge in [0.2, 0.25) is 0 Å². The maximum atomic E-state index is 14.0. The number of hydrogen-bond acceptors (Lipinski definition) is 3. The van der Waals surface area contributed by atoms with Gasteiger partial charge < -0.3 is 4.74 Å². The van der Waals surface area contributed by atoms with Gasteiger partial charge in [0.15, 0.2) is 0 Å². The third-order valence-corrected chi connectivity index (χ3v) is 5.46. The van der Waals surface area contributed by atoms with Gasteiger partial charge in [0.05, 0.1) is 29.2 Å². The summed E-state index contributed by atoms with van der Waals surface area (Å²) in [5.74, 6) is -0.620. The highest BCUT2D eigenvalue weighted by Gasteiger charge is 2.36. The van der Waals surface area contributed by atoms with E-state index in [0.717, 1.165) is 30.0 Å². The molecule has 0 N–H and O–H groups in total. The van der Waals surface area contributed by atoms with Crippen molar-refractivity contribution < 1.29 is 27.1 Å². The van der Waals surface area contributed by atoms with Crippen molar-refractivity contribution in [2.45, 2.75) is 12.6 Å². The summed E-state index contributed by atoms with van der Waals surface area (Å²) in [5, 5.41) is 0.783. The number of carbonyl (C=O) groups is 1. The van der Waals surface area contributed by atoms with Crippen LogP contribution in [0.5, 0.6) is 5.75 Å². The zero-order valence-electron chi connectivity index (χ0n) is 17.1. The Kier molecular flexibility index (Phi) is 6.51. The summed E-state index contributed by atoms with van der Waals surface area (Å²) in [6.45, 7) is 0.479. The molecule has 0 radical (unpaired) electrons. The quantitative estimate of drug-likeness (QED) is 0.203. The van der Waals surface area contributed by atoms with E-state index in [1.54, 1.807) is 24.3 Å². The normalized spacial score (nSPS) is 14.6. The van der Waals surface area contributed by atoms with Crippen LogP contribution in [0.1, 0.15) is 17.5 Å². The molecule has 0 unspecified atom stereocenters. The molecule has 0 atom stereocenters. The van der Waals surface area contributed by atoms with Crippen LogP contribution in [0.15, 0.2) is 71.7 Å². The van der Waals surface area contributed by atoms with Crippen molar-refractivity contribution in [1.29, 1.82) is 0 Å². The van der Waals surface area contributed by atoms with Crippen LogP contribution >= 0.6 is 15.9 Å². The first-order chi connectivity index (χ1) is 15.8. The van der Waals surface area contributed by atoms with Crippen molar-refractivity contribution in [1.82, 2.24) is 0 Å². The predicted octanol–water partition coefficient (Wildman–Crippen LogP) is 6.81. The number of benzene rings is 3. The van der Waals surface area contributed by atoms with Crippen molar-refractivity contribution in [3.63, 3.8) is 0 Å². The smallest absolute Gasteiger partial charge is 0.416 e. The fraction of sp³-hybridized carbons (Fsp3) is 0.167. The third kappa shape index (κ3) is 4.93. The van der Waals surface area contributed by atoms with E-state index in [-0.39, 0.29) is 17.0 Å². The summed E-state index contributed by atoms with van der Waals surface area (Å²) in [6.07, 6.45) is -3.76. The van der Waals surface area contributed by atoms with Crippen molar-refractivity contribution in [3.05, 3.63) is 83.7 Å². The molecular formula is C24H17BrF4N2O2.